The van der Waals surface area contributed by atoms with Gasteiger partial charge in [-0.1, -0.05) is 11.6 Å². The van der Waals surface area contributed by atoms with Gasteiger partial charge < -0.3 is 10.2 Å². The van der Waals surface area contributed by atoms with E-state index in [-0.39, 0.29) is 11.8 Å². The van der Waals surface area contributed by atoms with E-state index in [4.69, 9.17) is 11.6 Å². The minimum absolute atomic E-state index is 0.174. The first-order chi connectivity index (χ1) is 10.9. The maximum absolute atomic E-state index is 12.2. The molecular formula is C17H29ClN4O. The van der Waals surface area contributed by atoms with Gasteiger partial charge in [-0.05, 0) is 60.0 Å². The van der Waals surface area contributed by atoms with Crippen molar-refractivity contribution in [1.29, 1.82) is 0 Å². The minimum atomic E-state index is 0.174. The highest BCUT2D eigenvalue weighted by Crippen LogP contribution is 2.20. The summed E-state index contributed by atoms with van der Waals surface area (Å²) in [6.45, 7) is 11.8. The number of carbonyl (C=O) groups is 1. The van der Waals surface area contributed by atoms with Crippen LogP contribution in [0.25, 0.3) is 0 Å². The Labute approximate surface area is 144 Å². The van der Waals surface area contributed by atoms with E-state index in [1.807, 2.05) is 18.5 Å². The van der Waals surface area contributed by atoms with Crippen LogP contribution in [-0.2, 0) is 11.3 Å². The standard InChI is InChI=1S/C17H29ClN4O/c1-12(2)21-10-6-15(7-11-21)17(23)19-8-5-9-22-14(4)16(18)13(3)20-22/h12,15H,5-11H2,1-4H3,(H,19,23). The first-order valence-electron chi connectivity index (χ1n) is 8.61. The van der Waals surface area contributed by atoms with Gasteiger partial charge in [0.25, 0.3) is 0 Å². The Morgan fingerprint density at radius 1 is 1.35 bits per heavy atom. The molecule has 2 heterocycles. The van der Waals surface area contributed by atoms with Crippen LogP contribution in [0.1, 0.15) is 44.5 Å². The molecule has 5 nitrogen and oxygen atoms in total. The number of carbonyl (C=O) groups excluding carboxylic acids is 1. The monoisotopic (exact) mass is 340 g/mol. The number of likely N-dealkylation sites (tertiary alicyclic amines) is 1. The molecule has 6 heteroatoms. The quantitative estimate of drug-likeness (QED) is 0.810. The zero-order chi connectivity index (χ0) is 17.0. The summed E-state index contributed by atoms with van der Waals surface area (Å²) in [7, 11) is 0. The molecule has 1 aliphatic heterocycles. The van der Waals surface area contributed by atoms with Crippen LogP contribution in [0.3, 0.4) is 0 Å². The lowest BCUT2D eigenvalue weighted by Crippen LogP contribution is -2.43. The Bertz CT molecular complexity index is 533. The van der Waals surface area contributed by atoms with E-state index in [0.29, 0.717) is 12.6 Å². The molecule has 0 unspecified atom stereocenters. The van der Waals surface area contributed by atoms with Gasteiger partial charge in [-0.3, -0.25) is 9.48 Å². The number of amides is 1. The van der Waals surface area contributed by atoms with Crippen molar-refractivity contribution in [2.24, 2.45) is 5.92 Å². The average Bonchev–Trinajstić information content (AvgIpc) is 2.78. The Balaban J connectivity index is 1.68. The van der Waals surface area contributed by atoms with Gasteiger partial charge in [0.05, 0.1) is 16.4 Å². The molecule has 130 valence electrons. The predicted octanol–water partition coefficient (Wildman–Crippen LogP) is 2.78. The highest BCUT2D eigenvalue weighted by atomic mass is 35.5. The van der Waals surface area contributed by atoms with Crippen molar-refractivity contribution in [3.8, 4) is 0 Å². The molecular weight excluding hydrogens is 312 g/mol. The number of hydrogen-bond donors (Lipinski definition) is 1. The van der Waals surface area contributed by atoms with E-state index in [0.717, 1.165) is 55.3 Å². The molecule has 0 bridgehead atoms. The van der Waals surface area contributed by atoms with Crippen LogP contribution in [0.5, 0.6) is 0 Å². The van der Waals surface area contributed by atoms with Gasteiger partial charge in [0.1, 0.15) is 0 Å². The fourth-order valence-electron chi connectivity index (χ4n) is 3.16. The van der Waals surface area contributed by atoms with Crippen LogP contribution in [0.15, 0.2) is 0 Å². The lowest BCUT2D eigenvalue weighted by atomic mass is 9.95. The van der Waals surface area contributed by atoms with Crippen molar-refractivity contribution in [2.75, 3.05) is 19.6 Å². The third-order valence-corrected chi connectivity index (χ3v) is 5.32. The van der Waals surface area contributed by atoms with Crippen molar-refractivity contribution >= 4 is 17.5 Å². The molecule has 0 radical (unpaired) electrons. The third-order valence-electron chi connectivity index (χ3n) is 4.77. The SMILES string of the molecule is Cc1nn(CCCNC(=O)C2CCN(C(C)C)CC2)c(C)c1Cl. The summed E-state index contributed by atoms with van der Waals surface area (Å²) in [5.41, 5.74) is 1.86. The van der Waals surface area contributed by atoms with E-state index in [9.17, 15) is 4.79 Å². The molecule has 1 fully saturated rings. The van der Waals surface area contributed by atoms with Gasteiger partial charge in [-0.2, -0.15) is 5.10 Å². The number of aryl methyl sites for hydroxylation is 2. The molecule has 1 aromatic heterocycles. The molecule has 0 atom stereocenters. The molecule has 1 saturated heterocycles. The van der Waals surface area contributed by atoms with Gasteiger partial charge in [-0.15, -0.1) is 0 Å². The second-order valence-electron chi connectivity index (χ2n) is 6.76. The normalized spacial score (nSPS) is 17.0. The topological polar surface area (TPSA) is 50.2 Å². The molecule has 0 aliphatic carbocycles. The highest BCUT2D eigenvalue weighted by molar-refractivity contribution is 6.31. The van der Waals surface area contributed by atoms with Gasteiger partial charge >= 0.3 is 0 Å². The molecule has 0 spiro atoms. The number of piperidine rings is 1. The zero-order valence-corrected chi connectivity index (χ0v) is 15.5. The summed E-state index contributed by atoms with van der Waals surface area (Å²) in [5.74, 6) is 0.382. The summed E-state index contributed by atoms with van der Waals surface area (Å²) in [5, 5.41) is 8.23. The largest absolute Gasteiger partial charge is 0.356 e. The van der Waals surface area contributed by atoms with Gasteiger partial charge in [-0.25, -0.2) is 0 Å². The number of hydrogen-bond acceptors (Lipinski definition) is 3. The first kappa shape index (κ1) is 18.3. The number of aromatic nitrogens is 2. The molecule has 0 saturated carbocycles. The smallest absolute Gasteiger partial charge is 0.223 e. The number of halogens is 1. The van der Waals surface area contributed by atoms with Crippen LogP contribution >= 0.6 is 11.6 Å². The molecule has 1 N–H and O–H groups in total. The van der Waals surface area contributed by atoms with E-state index < -0.39 is 0 Å². The summed E-state index contributed by atoms with van der Waals surface area (Å²) < 4.78 is 1.92. The number of nitrogens with zero attached hydrogens (tertiary/aromatic N) is 3. The van der Waals surface area contributed by atoms with Crippen LogP contribution in [0, 0.1) is 19.8 Å². The number of nitrogens with one attached hydrogen (secondary N) is 1. The second-order valence-corrected chi connectivity index (χ2v) is 7.13. The van der Waals surface area contributed by atoms with Crippen molar-refractivity contribution in [1.82, 2.24) is 20.0 Å². The fraction of sp³-hybridized carbons (Fsp3) is 0.765. The van der Waals surface area contributed by atoms with Crippen LogP contribution < -0.4 is 5.32 Å². The predicted molar refractivity (Wildman–Crippen MR) is 93.8 cm³/mol. The van der Waals surface area contributed by atoms with E-state index in [1.165, 1.54) is 0 Å². The van der Waals surface area contributed by atoms with Crippen LogP contribution in [0.4, 0.5) is 0 Å². The minimum Gasteiger partial charge on any atom is -0.356 e. The van der Waals surface area contributed by atoms with Gasteiger partial charge in [0, 0.05) is 25.0 Å². The highest BCUT2D eigenvalue weighted by Gasteiger charge is 2.25. The van der Waals surface area contributed by atoms with Crippen LogP contribution in [-0.4, -0.2) is 46.3 Å². The Hall–Kier alpha value is -1.07. The Kier molecular flexibility index (Phi) is 6.48. The van der Waals surface area contributed by atoms with Crippen LogP contribution in [0.2, 0.25) is 5.02 Å². The Morgan fingerprint density at radius 2 is 2.00 bits per heavy atom. The van der Waals surface area contributed by atoms with E-state index in [1.54, 1.807) is 0 Å². The summed E-state index contributed by atoms with van der Waals surface area (Å²) >= 11 is 6.14. The maximum Gasteiger partial charge on any atom is 0.223 e. The lowest BCUT2D eigenvalue weighted by Gasteiger charge is -2.33. The average molecular weight is 341 g/mol. The third kappa shape index (κ3) is 4.70. The van der Waals surface area contributed by atoms with Crippen molar-refractivity contribution in [3.63, 3.8) is 0 Å². The number of rotatable bonds is 6. The summed E-state index contributed by atoms with van der Waals surface area (Å²) in [6, 6.07) is 0.576. The lowest BCUT2D eigenvalue weighted by molar-refractivity contribution is -0.126. The molecule has 1 aromatic rings. The molecule has 23 heavy (non-hydrogen) atoms. The molecule has 2 rings (SSSR count). The summed E-state index contributed by atoms with van der Waals surface area (Å²) in [6.07, 6.45) is 2.81. The van der Waals surface area contributed by atoms with Crippen molar-refractivity contribution in [2.45, 2.75) is 59.5 Å². The van der Waals surface area contributed by atoms with Crippen molar-refractivity contribution < 1.29 is 4.79 Å². The fourth-order valence-corrected chi connectivity index (χ4v) is 3.29. The van der Waals surface area contributed by atoms with E-state index in [2.05, 4.69) is 29.2 Å². The Morgan fingerprint density at radius 3 is 2.52 bits per heavy atom. The van der Waals surface area contributed by atoms with Gasteiger partial charge in [0.15, 0.2) is 0 Å². The van der Waals surface area contributed by atoms with Gasteiger partial charge in [0.2, 0.25) is 5.91 Å². The van der Waals surface area contributed by atoms with E-state index >= 15 is 0 Å². The summed E-state index contributed by atoms with van der Waals surface area (Å²) in [4.78, 5) is 14.7. The zero-order valence-electron chi connectivity index (χ0n) is 14.7. The maximum atomic E-state index is 12.2. The first-order valence-corrected chi connectivity index (χ1v) is 8.99. The van der Waals surface area contributed by atoms with Crippen molar-refractivity contribution in [3.05, 3.63) is 16.4 Å². The molecule has 1 amide bonds. The second kappa shape index (κ2) is 8.15. The molecule has 1 aliphatic rings. The molecule has 0 aromatic carbocycles.